The Kier molecular flexibility index (Phi) is 5.72. The van der Waals surface area contributed by atoms with Crippen molar-refractivity contribution in [3.05, 3.63) is 77.0 Å². The van der Waals surface area contributed by atoms with Gasteiger partial charge < -0.3 is 4.42 Å². The standard InChI is InChI=1S/C22H15ClN2O5S2/c1-32(28,29)17-9-2-13(3-10-17)19-11-8-16(30-19)12-18-20(26)24-22(31)25(21(18)27)15-6-4-14(23)5-7-15/h2-12H,1H3,(H,24,26,31)/b18-12+. The van der Waals surface area contributed by atoms with E-state index in [-0.39, 0.29) is 21.3 Å². The largest absolute Gasteiger partial charge is 0.457 e. The van der Waals surface area contributed by atoms with Gasteiger partial charge in [-0.25, -0.2) is 8.42 Å². The number of rotatable bonds is 4. The van der Waals surface area contributed by atoms with Crippen molar-refractivity contribution in [1.29, 1.82) is 0 Å². The number of hydrogen-bond donors (Lipinski definition) is 1. The molecule has 3 aromatic rings. The van der Waals surface area contributed by atoms with Crippen molar-refractivity contribution in [2.24, 2.45) is 0 Å². The van der Waals surface area contributed by atoms with Crippen molar-refractivity contribution in [3.8, 4) is 11.3 Å². The van der Waals surface area contributed by atoms with Gasteiger partial charge in [0.1, 0.15) is 17.1 Å². The van der Waals surface area contributed by atoms with Gasteiger partial charge in [0.15, 0.2) is 14.9 Å². The van der Waals surface area contributed by atoms with Crippen LogP contribution in [0.2, 0.25) is 5.02 Å². The van der Waals surface area contributed by atoms with E-state index in [1.165, 1.54) is 23.1 Å². The lowest BCUT2D eigenvalue weighted by atomic mass is 10.1. The van der Waals surface area contributed by atoms with Crippen molar-refractivity contribution >= 4 is 62.3 Å². The molecule has 1 aliphatic rings. The molecule has 0 saturated carbocycles. The first-order chi connectivity index (χ1) is 15.1. The van der Waals surface area contributed by atoms with Gasteiger partial charge >= 0.3 is 0 Å². The van der Waals surface area contributed by atoms with Crippen LogP contribution < -0.4 is 10.2 Å². The smallest absolute Gasteiger partial charge is 0.270 e. The molecule has 1 fully saturated rings. The molecule has 10 heteroatoms. The Morgan fingerprint density at radius 3 is 2.28 bits per heavy atom. The maximum atomic E-state index is 13.0. The monoisotopic (exact) mass is 486 g/mol. The molecule has 0 atom stereocenters. The molecule has 4 rings (SSSR count). The van der Waals surface area contributed by atoms with Crippen LogP contribution in [-0.2, 0) is 19.4 Å². The van der Waals surface area contributed by atoms with Crippen molar-refractivity contribution in [1.82, 2.24) is 5.32 Å². The van der Waals surface area contributed by atoms with E-state index in [1.54, 1.807) is 48.5 Å². The van der Waals surface area contributed by atoms with Gasteiger partial charge in [-0.05, 0) is 79.0 Å². The number of benzene rings is 2. The number of thiocarbonyl (C=S) groups is 1. The summed E-state index contributed by atoms with van der Waals surface area (Å²) in [5, 5.41) is 2.96. The zero-order chi connectivity index (χ0) is 23.0. The highest BCUT2D eigenvalue weighted by molar-refractivity contribution is 7.90. The summed E-state index contributed by atoms with van der Waals surface area (Å²) in [7, 11) is -3.31. The van der Waals surface area contributed by atoms with Crippen LogP contribution in [0.15, 0.2) is 75.5 Å². The highest BCUT2D eigenvalue weighted by Gasteiger charge is 2.34. The van der Waals surface area contributed by atoms with E-state index in [2.05, 4.69) is 5.32 Å². The van der Waals surface area contributed by atoms with Gasteiger partial charge in [-0.3, -0.25) is 19.8 Å². The number of amides is 2. The third-order valence-electron chi connectivity index (χ3n) is 4.67. The number of carbonyl (C=O) groups excluding carboxylic acids is 2. The molecule has 162 valence electrons. The number of anilines is 1. The number of carbonyl (C=O) groups is 2. The summed E-state index contributed by atoms with van der Waals surface area (Å²) in [5.74, 6) is -0.516. The third kappa shape index (κ3) is 4.36. The van der Waals surface area contributed by atoms with Gasteiger partial charge in [0.05, 0.1) is 10.6 Å². The maximum Gasteiger partial charge on any atom is 0.270 e. The lowest BCUT2D eigenvalue weighted by molar-refractivity contribution is -0.122. The average Bonchev–Trinajstić information content (AvgIpc) is 3.20. The van der Waals surface area contributed by atoms with E-state index in [1.807, 2.05) is 0 Å². The van der Waals surface area contributed by atoms with Crippen molar-refractivity contribution in [3.63, 3.8) is 0 Å². The molecule has 0 spiro atoms. The third-order valence-corrected chi connectivity index (χ3v) is 6.33. The number of nitrogens with one attached hydrogen (secondary N) is 1. The van der Waals surface area contributed by atoms with E-state index in [0.717, 1.165) is 6.26 Å². The van der Waals surface area contributed by atoms with E-state index < -0.39 is 21.7 Å². The Bertz CT molecular complexity index is 1370. The van der Waals surface area contributed by atoms with E-state index in [9.17, 15) is 18.0 Å². The number of hydrogen-bond acceptors (Lipinski definition) is 6. The van der Waals surface area contributed by atoms with Crippen LogP contribution in [0.1, 0.15) is 5.76 Å². The van der Waals surface area contributed by atoms with Crippen LogP contribution in [0.3, 0.4) is 0 Å². The molecular weight excluding hydrogens is 472 g/mol. The first kappa shape index (κ1) is 21.9. The molecule has 1 saturated heterocycles. The fraction of sp³-hybridized carbons (Fsp3) is 0.0455. The normalized spacial score (nSPS) is 15.9. The zero-order valence-corrected chi connectivity index (χ0v) is 18.9. The number of furan rings is 1. The minimum atomic E-state index is -3.31. The quantitative estimate of drug-likeness (QED) is 0.342. The van der Waals surface area contributed by atoms with Gasteiger partial charge in [0, 0.05) is 16.8 Å². The zero-order valence-electron chi connectivity index (χ0n) is 16.5. The van der Waals surface area contributed by atoms with Crippen LogP contribution in [0.25, 0.3) is 17.4 Å². The fourth-order valence-corrected chi connectivity index (χ4v) is 4.11. The molecule has 1 aliphatic heterocycles. The highest BCUT2D eigenvalue weighted by atomic mass is 35.5. The lowest BCUT2D eigenvalue weighted by Gasteiger charge is -2.28. The summed E-state index contributed by atoms with van der Waals surface area (Å²) in [4.78, 5) is 26.8. The predicted molar refractivity (Wildman–Crippen MR) is 125 cm³/mol. The molecular formula is C22H15ClN2O5S2. The Balaban J connectivity index is 1.64. The first-order valence-electron chi connectivity index (χ1n) is 9.21. The van der Waals surface area contributed by atoms with Crippen LogP contribution in [0.5, 0.6) is 0 Å². The van der Waals surface area contributed by atoms with E-state index in [0.29, 0.717) is 22.0 Å². The SMILES string of the molecule is CS(=O)(=O)c1ccc(-c2ccc(/C=C3\C(=O)NC(=S)N(c4ccc(Cl)cc4)C3=O)o2)cc1. The molecule has 0 aliphatic carbocycles. The molecule has 2 amide bonds. The number of nitrogens with zero attached hydrogens (tertiary/aromatic N) is 1. The summed E-state index contributed by atoms with van der Waals surface area (Å²) in [6.07, 6.45) is 2.46. The second-order valence-corrected chi connectivity index (χ2v) is 9.77. The van der Waals surface area contributed by atoms with Gasteiger partial charge in [-0.15, -0.1) is 0 Å². The average molecular weight is 487 g/mol. The van der Waals surface area contributed by atoms with Gasteiger partial charge in [-0.1, -0.05) is 11.6 Å². The molecule has 0 radical (unpaired) electrons. The minimum absolute atomic E-state index is 0.0365. The molecule has 1 N–H and O–H groups in total. The van der Waals surface area contributed by atoms with Crippen molar-refractivity contribution < 1.29 is 22.4 Å². The second kappa shape index (κ2) is 8.34. The Morgan fingerprint density at radius 1 is 1.00 bits per heavy atom. The molecule has 7 nitrogen and oxygen atoms in total. The Morgan fingerprint density at radius 2 is 1.66 bits per heavy atom. The van der Waals surface area contributed by atoms with Crippen LogP contribution in [-0.4, -0.2) is 31.6 Å². The molecule has 0 bridgehead atoms. The van der Waals surface area contributed by atoms with Gasteiger partial charge in [-0.2, -0.15) is 0 Å². The topological polar surface area (TPSA) is 96.7 Å². The van der Waals surface area contributed by atoms with Crippen LogP contribution in [0.4, 0.5) is 5.69 Å². The fourth-order valence-electron chi connectivity index (χ4n) is 3.08. The van der Waals surface area contributed by atoms with Crippen LogP contribution in [0, 0.1) is 0 Å². The molecule has 32 heavy (non-hydrogen) atoms. The van der Waals surface area contributed by atoms with Crippen molar-refractivity contribution in [2.45, 2.75) is 4.90 Å². The van der Waals surface area contributed by atoms with E-state index in [4.69, 9.17) is 28.2 Å². The summed E-state index contributed by atoms with van der Waals surface area (Å²) in [6.45, 7) is 0. The second-order valence-electron chi connectivity index (χ2n) is 6.93. The molecule has 1 aromatic heterocycles. The highest BCUT2D eigenvalue weighted by Crippen LogP contribution is 2.27. The van der Waals surface area contributed by atoms with Gasteiger partial charge in [0.25, 0.3) is 11.8 Å². The first-order valence-corrected chi connectivity index (χ1v) is 11.9. The summed E-state index contributed by atoms with van der Waals surface area (Å²) < 4.78 is 29.0. The predicted octanol–water partition coefficient (Wildman–Crippen LogP) is 3.83. The molecule has 0 unspecified atom stereocenters. The Hall–Kier alpha value is -3.27. The summed E-state index contributed by atoms with van der Waals surface area (Å²) in [6, 6.07) is 15.9. The number of halogens is 1. The summed E-state index contributed by atoms with van der Waals surface area (Å²) >= 11 is 11.1. The Labute approximate surface area is 194 Å². The summed E-state index contributed by atoms with van der Waals surface area (Å²) in [5.41, 5.74) is 0.953. The van der Waals surface area contributed by atoms with Crippen molar-refractivity contribution in [2.75, 3.05) is 11.2 Å². The number of sulfone groups is 1. The van der Waals surface area contributed by atoms with E-state index >= 15 is 0 Å². The van der Waals surface area contributed by atoms with Crippen LogP contribution >= 0.6 is 23.8 Å². The van der Waals surface area contributed by atoms with Gasteiger partial charge in [0.2, 0.25) is 0 Å². The lowest BCUT2D eigenvalue weighted by Crippen LogP contribution is -2.54. The molecule has 2 heterocycles. The maximum absolute atomic E-state index is 13.0. The molecule has 2 aromatic carbocycles. The minimum Gasteiger partial charge on any atom is -0.457 e.